The van der Waals surface area contributed by atoms with Gasteiger partial charge in [-0.2, -0.15) is 0 Å². The van der Waals surface area contributed by atoms with Crippen LogP contribution in [0.3, 0.4) is 0 Å². The molecule has 194 valence electrons. The van der Waals surface area contributed by atoms with E-state index in [1.807, 2.05) is 12.1 Å². The van der Waals surface area contributed by atoms with Crippen LogP contribution in [0.1, 0.15) is 38.7 Å². The molecule has 37 heavy (non-hydrogen) atoms. The number of fused-ring (bicyclic) bond motifs is 1. The molecule has 1 unspecified atom stereocenters. The number of benzene rings is 3. The zero-order valence-corrected chi connectivity index (χ0v) is 22.6. The van der Waals surface area contributed by atoms with E-state index in [-0.39, 0.29) is 12.0 Å². The van der Waals surface area contributed by atoms with Crippen molar-refractivity contribution in [3.63, 3.8) is 0 Å². The normalized spacial score (nSPS) is 14.4. The topological polar surface area (TPSA) is 69.3 Å². The molecule has 0 saturated carbocycles. The molecule has 1 heterocycles. The van der Waals surface area contributed by atoms with Gasteiger partial charge in [-0.25, -0.2) is 4.79 Å². The van der Waals surface area contributed by atoms with Crippen LogP contribution >= 0.6 is 12.2 Å². The summed E-state index contributed by atoms with van der Waals surface area (Å²) in [6, 6.07) is 17.0. The number of carbonyl (C=O) groups is 1. The molecule has 0 fully saturated rings. The van der Waals surface area contributed by atoms with Crippen molar-refractivity contribution in [3.8, 4) is 17.2 Å². The minimum atomic E-state index is -0.386. The van der Waals surface area contributed by atoms with Gasteiger partial charge in [-0.15, -0.1) is 0 Å². The Morgan fingerprint density at radius 3 is 2.35 bits per heavy atom. The SMILES string of the molecule is COC(=O)c1ccc(OCC2c3cc(OC)c(OC)cc3CCN2C(=S)Nc2ccc(C)cc2C)cc1. The molecule has 0 aliphatic carbocycles. The summed E-state index contributed by atoms with van der Waals surface area (Å²) in [5.41, 5.74) is 6.01. The molecular formula is C29H32N2O5S. The number of esters is 1. The monoisotopic (exact) mass is 520 g/mol. The second kappa shape index (κ2) is 11.5. The van der Waals surface area contributed by atoms with E-state index in [0.29, 0.717) is 41.1 Å². The van der Waals surface area contributed by atoms with E-state index < -0.39 is 0 Å². The summed E-state index contributed by atoms with van der Waals surface area (Å²) in [5.74, 6) is 1.61. The number of hydrogen-bond acceptors (Lipinski definition) is 6. The van der Waals surface area contributed by atoms with Crippen LogP contribution in [0.4, 0.5) is 5.69 Å². The molecule has 4 rings (SSSR count). The smallest absolute Gasteiger partial charge is 0.337 e. The number of rotatable bonds is 7. The van der Waals surface area contributed by atoms with Crippen molar-refractivity contribution < 1.29 is 23.7 Å². The molecular weight excluding hydrogens is 488 g/mol. The van der Waals surface area contributed by atoms with Gasteiger partial charge in [0.25, 0.3) is 0 Å². The molecule has 1 aliphatic rings. The number of methoxy groups -OCH3 is 3. The van der Waals surface area contributed by atoms with Gasteiger partial charge in [0.15, 0.2) is 16.6 Å². The molecule has 3 aromatic carbocycles. The Hall–Kier alpha value is -3.78. The molecule has 1 N–H and O–H groups in total. The summed E-state index contributed by atoms with van der Waals surface area (Å²) in [6.07, 6.45) is 0.800. The maximum atomic E-state index is 11.8. The molecule has 0 saturated heterocycles. The van der Waals surface area contributed by atoms with Gasteiger partial charge in [-0.05, 0) is 91.6 Å². The Kier molecular flexibility index (Phi) is 8.18. The minimum absolute atomic E-state index is 0.172. The predicted molar refractivity (Wildman–Crippen MR) is 148 cm³/mol. The first-order valence-corrected chi connectivity index (χ1v) is 12.5. The average molecular weight is 521 g/mol. The number of anilines is 1. The highest BCUT2D eigenvalue weighted by atomic mass is 32.1. The van der Waals surface area contributed by atoms with Crippen molar-refractivity contribution in [2.75, 3.05) is 39.8 Å². The first-order chi connectivity index (χ1) is 17.8. The van der Waals surface area contributed by atoms with Crippen LogP contribution in [0.2, 0.25) is 0 Å². The van der Waals surface area contributed by atoms with Crippen molar-refractivity contribution in [2.45, 2.75) is 26.3 Å². The van der Waals surface area contributed by atoms with E-state index in [1.165, 1.54) is 12.7 Å². The molecule has 8 heteroatoms. The van der Waals surface area contributed by atoms with Crippen LogP contribution in [-0.2, 0) is 11.2 Å². The van der Waals surface area contributed by atoms with Crippen LogP contribution < -0.4 is 19.5 Å². The fourth-order valence-corrected chi connectivity index (χ4v) is 4.90. The van der Waals surface area contributed by atoms with Gasteiger partial charge in [-0.3, -0.25) is 0 Å². The number of nitrogens with one attached hydrogen (secondary N) is 1. The van der Waals surface area contributed by atoms with Gasteiger partial charge in [0.2, 0.25) is 0 Å². The van der Waals surface area contributed by atoms with E-state index in [9.17, 15) is 4.79 Å². The quantitative estimate of drug-likeness (QED) is 0.324. The fourth-order valence-electron chi connectivity index (χ4n) is 4.57. The highest BCUT2D eigenvalue weighted by Gasteiger charge is 2.31. The molecule has 0 bridgehead atoms. The maximum Gasteiger partial charge on any atom is 0.337 e. The van der Waals surface area contributed by atoms with E-state index in [1.54, 1.807) is 38.5 Å². The molecule has 7 nitrogen and oxygen atoms in total. The van der Waals surface area contributed by atoms with Gasteiger partial charge < -0.3 is 29.2 Å². The first kappa shape index (κ1) is 26.3. The van der Waals surface area contributed by atoms with Crippen molar-refractivity contribution in [2.24, 2.45) is 0 Å². The lowest BCUT2D eigenvalue weighted by Crippen LogP contribution is -2.44. The zero-order chi connectivity index (χ0) is 26.5. The Bertz CT molecular complexity index is 1290. The molecule has 0 radical (unpaired) electrons. The highest BCUT2D eigenvalue weighted by Crippen LogP contribution is 2.39. The third-order valence-corrected chi connectivity index (χ3v) is 6.91. The van der Waals surface area contributed by atoms with Crippen LogP contribution in [-0.4, -0.2) is 50.5 Å². The summed E-state index contributed by atoms with van der Waals surface area (Å²) in [5, 5.41) is 4.06. The van der Waals surface area contributed by atoms with Crippen LogP contribution in [0.5, 0.6) is 17.2 Å². The van der Waals surface area contributed by atoms with Crippen LogP contribution in [0, 0.1) is 13.8 Å². The third kappa shape index (κ3) is 5.80. The third-order valence-electron chi connectivity index (χ3n) is 6.57. The largest absolute Gasteiger partial charge is 0.493 e. The number of nitrogens with zero attached hydrogens (tertiary/aromatic N) is 1. The molecule has 0 spiro atoms. The van der Waals surface area contributed by atoms with Crippen molar-refractivity contribution in [1.82, 2.24) is 4.90 Å². The summed E-state index contributed by atoms with van der Waals surface area (Å²) in [6.45, 7) is 5.20. The molecule has 1 atom stereocenters. The van der Waals surface area contributed by atoms with Gasteiger partial charge in [0.1, 0.15) is 12.4 Å². The predicted octanol–water partition coefficient (Wildman–Crippen LogP) is 5.48. The average Bonchev–Trinajstić information content (AvgIpc) is 2.92. The number of hydrogen-bond donors (Lipinski definition) is 1. The van der Waals surface area contributed by atoms with Crippen LogP contribution in [0.15, 0.2) is 54.6 Å². The Labute approximate surface area is 223 Å². The number of aryl methyl sites for hydroxylation is 2. The lowest BCUT2D eigenvalue weighted by atomic mass is 9.92. The molecule has 1 aliphatic heterocycles. The van der Waals surface area contributed by atoms with E-state index in [4.69, 9.17) is 31.2 Å². The van der Waals surface area contributed by atoms with E-state index in [2.05, 4.69) is 42.3 Å². The second-order valence-electron chi connectivity index (χ2n) is 8.94. The van der Waals surface area contributed by atoms with Gasteiger partial charge in [0, 0.05) is 12.2 Å². The van der Waals surface area contributed by atoms with E-state index >= 15 is 0 Å². The summed E-state index contributed by atoms with van der Waals surface area (Å²) in [4.78, 5) is 13.9. The van der Waals surface area contributed by atoms with Crippen molar-refractivity contribution in [3.05, 3.63) is 82.4 Å². The maximum absolute atomic E-state index is 11.8. The second-order valence-corrected chi connectivity index (χ2v) is 9.33. The Morgan fingerprint density at radius 1 is 1.00 bits per heavy atom. The Balaban J connectivity index is 1.63. The minimum Gasteiger partial charge on any atom is -0.493 e. The number of thiocarbonyl (C=S) groups is 1. The molecule has 0 aromatic heterocycles. The van der Waals surface area contributed by atoms with Gasteiger partial charge >= 0.3 is 5.97 Å². The lowest BCUT2D eigenvalue weighted by molar-refractivity contribution is 0.0600. The van der Waals surface area contributed by atoms with Crippen molar-refractivity contribution in [1.29, 1.82) is 0 Å². The summed E-state index contributed by atoms with van der Waals surface area (Å²) >= 11 is 5.91. The Morgan fingerprint density at radius 2 is 1.70 bits per heavy atom. The van der Waals surface area contributed by atoms with Gasteiger partial charge in [-0.1, -0.05) is 17.7 Å². The summed E-state index contributed by atoms with van der Waals surface area (Å²) < 4.78 is 22.1. The first-order valence-electron chi connectivity index (χ1n) is 12.1. The standard InChI is InChI=1S/C29H32N2O5S/c1-18-6-11-24(19(2)14-18)30-29(37)31-13-12-21-15-26(33-3)27(34-4)16-23(21)25(31)17-36-22-9-7-20(8-10-22)28(32)35-5/h6-11,14-16,25H,12-13,17H2,1-5H3,(H,30,37). The molecule has 0 amide bonds. The van der Waals surface area contributed by atoms with Crippen LogP contribution in [0.25, 0.3) is 0 Å². The molecule has 3 aromatic rings. The van der Waals surface area contributed by atoms with Crippen molar-refractivity contribution >= 4 is 29.0 Å². The highest BCUT2D eigenvalue weighted by molar-refractivity contribution is 7.80. The number of carbonyl (C=O) groups excluding carboxylic acids is 1. The summed E-state index contributed by atoms with van der Waals surface area (Å²) in [7, 11) is 4.63. The fraction of sp³-hybridized carbons (Fsp3) is 0.310. The van der Waals surface area contributed by atoms with E-state index in [0.717, 1.165) is 28.8 Å². The zero-order valence-electron chi connectivity index (χ0n) is 21.8. The number of ether oxygens (including phenoxy) is 4. The van der Waals surface area contributed by atoms with Gasteiger partial charge in [0.05, 0.1) is 32.9 Å². The lowest BCUT2D eigenvalue weighted by Gasteiger charge is -2.39.